The van der Waals surface area contributed by atoms with Crippen LogP contribution in [0.4, 0.5) is 26.3 Å². The molecule has 0 spiro atoms. The van der Waals surface area contributed by atoms with Crippen LogP contribution < -0.4 is 10.9 Å². The molecule has 0 amide bonds. The lowest BCUT2D eigenvalue weighted by molar-refractivity contribution is -0.143. The molecule has 4 atom stereocenters. The highest BCUT2D eigenvalue weighted by atomic mass is 19.4. The smallest absolute Gasteiger partial charge is 0.372 e. The van der Waals surface area contributed by atoms with E-state index in [9.17, 15) is 31.4 Å². The Balaban J connectivity index is 1.44. The second-order valence-electron chi connectivity index (χ2n) is 11.2. The SMILES string of the molecule is C[C@@H](OC[C@@]1(c2ccccc2)CC[C@H](OCc2ccccc2)CN1CC1=NC(O)NN1)c1cc(C(F)(F)F)cc(C(F)(F)F)c1. The van der Waals surface area contributed by atoms with Gasteiger partial charge in [0, 0.05) is 6.54 Å². The molecule has 242 valence electrons. The number of hydrogen-bond acceptors (Lipinski definition) is 7. The Bertz CT molecular complexity index is 1420. The molecule has 3 aromatic rings. The van der Waals surface area contributed by atoms with E-state index in [4.69, 9.17) is 9.47 Å². The van der Waals surface area contributed by atoms with Gasteiger partial charge in [0.05, 0.1) is 48.6 Å². The number of nitrogens with zero attached hydrogens (tertiary/aromatic N) is 2. The van der Waals surface area contributed by atoms with Gasteiger partial charge in [-0.1, -0.05) is 60.7 Å². The Morgan fingerprint density at radius 1 is 0.956 bits per heavy atom. The molecule has 7 nitrogen and oxygen atoms in total. The van der Waals surface area contributed by atoms with Gasteiger partial charge in [0.15, 0.2) is 0 Å². The zero-order valence-corrected chi connectivity index (χ0v) is 24.4. The Morgan fingerprint density at radius 2 is 1.58 bits per heavy atom. The van der Waals surface area contributed by atoms with Crippen molar-refractivity contribution in [2.45, 2.75) is 62.8 Å². The number of hydrazine groups is 1. The first-order valence-electron chi connectivity index (χ1n) is 14.5. The highest BCUT2D eigenvalue weighted by molar-refractivity contribution is 5.85. The van der Waals surface area contributed by atoms with Crippen LogP contribution >= 0.6 is 0 Å². The van der Waals surface area contributed by atoms with Crippen molar-refractivity contribution in [2.24, 2.45) is 4.99 Å². The van der Waals surface area contributed by atoms with Crippen molar-refractivity contribution < 1.29 is 40.9 Å². The number of alkyl halides is 6. The molecule has 0 aromatic heterocycles. The molecule has 5 rings (SSSR count). The van der Waals surface area contributed by atoms with Gasteiger partial charge in [-0.3, -0.25) is 4.90 Å². The summed E-state index contributed by atoms with van der Waals surface area (Å²) in [6.45, 7) is 2.42. The number of aliphatic imine (C=N–C) groups is 1. The van der Waals surface area contributed by atoms with Crippen molar-refractivity contribution in [3.63, 3.8) is 0 Å². The lowest BCUT2D eigenvalue weighted by Gasteiger charge is -2.50. The van der Waals surface area contributed by atoms with Crippen LogP contribution in [0, 0.1) is 0 Å². The third kappa shape index (κ3) is 8.03. The fraction of sp³-hybridized carbons (Fsp3) is 0.406. The minimum absolute atomic E-state index is 0.0511. The molecule has 1 unspecified atom stereocenters. The molecule has 0 radical (unpaired) electrons. The molecule has 1 saturated heterocycles. The number of aliphatic hydroxyl groups excluding tert-OH is 1. The van der Waals surface area contributed by atoms with Crippen molar-refractivity contribution in [2.75, 3.05) is 19.7 Å². The van der Waals surface area contributed by atoms with Gasteiger partial charge in [0.1, 0.15) is 5.84 Å². The minimum Gasteiger partial charge on any atom is -0.372 e. The quantitative estimate of drug-likeness (QED) is 0.232. The van der Waals surface area contributed by atoms with Gasteiger partial charge >= 0.3 is 12.4 Å². The summed E-state index contributed by atoms with van der Waals surface area (Å²) in [4.78, 5) is 6.26. The molecule has 13 heteroatoms. The van der Waals surface area contributed by atoms with Gasteiger partial charge in [0.25, 0.3) is 0 Å². The second-order valence-corrected chi connectivity index (χ2v) is 11.2. The highest BCUT2D eigenvalue weighted by Crippen LogP contribution is 2.42. The Kier molecular flexibility index (Phi) is 9.85. The van der Waals surface area contributed by atoms with Crippen LogP contribution in [0.2, 0.25) is 0 Å². The largest absolute Gasteiger partial charge is 0.416 e. The normalized spacial score (nSPS) is 23.4. The molecular weight excluding hydrogens is 602 g/mol. The van der Waals surface area contributed by atoms with Gasteiger partial charge < -0.3 is 20.0 Å². The zero-order valence-electron chi connectivity index (χ0n) is 24.4. The number of piperidine rings is 1. The lowest BCUT2D eigenvalue weighted by atomic mass is 9.80. The predicted octanol–water partition coefficient (Wildman–Crippen LogP) is 6.16. The summed E-state index contributed by atoms with van der Waals surface area (Å²) in [7, 11) is 0. The van der Waals surface area contributed by atoms with Gasteiger partial charge in [-0.2, -0.15) is 31.8 Å². The first kappa shape index (κ1) is 32.9. The molecular formula is C32H34F6N4O3. The van der Waals surface area contributed by atoms with Gasteiger partial charge in [-0.25, -0.2) is 4.99 Å². The Labute approximate surface area is 256 Å². The summed E-state index contributed by atoms with van der Waals surface area (Å²) in [6.07, 6.45) is -11.3. The fourth-order valence-electron chi connectivity index (χ4n) is 5.73. The van der Waals surface area contributed by atoms with E-state index in [-0.39, 0.29) is 30.9 Å². The summed E-state index contributed by atoms with van der Waals surface area (Å²) < 4.78 is 93.9. The lowest BCUT2D eigenvalue weighted by Crippen LogP contribution is -2.58. The summed E-state index contributed by atoms with van der Waals surface area (Å²) in [5.74, 6) is 0.451. The van der Waals surface area contributed by atoms with E-state index in [2.05, 4.69) is 20.7 Å². The number of amidine groups is 1. The van der Waals surface area contributed by atoms with Crippen LogP contribution in [0.25, 0.3) is 0 Å². The molecule has 2 heterocycles. The standard InChI is InChI=1S/C32H34F6N4O3/c1-21(23-14-25(31(33,34)35)16-26(15-23)32(36,37)38)45-20-30(24-10-6-3-7-11-24)13-12-27(44-19-22-8-4-2-5-9-22)17-42(30)18-28-39-29(43)41-40-28/h2-11,14-16,21,27,29,41,43H,12-13,17-20H2,1H3,(H,39,40)/t21-,27+,29?,30-/m1/s1. The fourth-order valence-corrected chi connectivity index (χ4v) is 5.73. The maximum Gasteiger partial charge on any atom is 0.416 e. The maximum atomic E-state index is 13.6. The van der Waals surface area contributed by atoms with Crippen LogP contribution in [0.1, 0.15) is 53.7 Å². The van der Waals surface area contributed by atoms with Crippen molar-refractivity contribution >= 4 is 5.84 Å². The Morgan fingerprint density at radius 3 is 2.16 bits per heavy atom. The Hall–Kier alpha value is -3.49. The van der Waals surface area contributed by atoms with Gasteiger partial charge in [0.2, 0.25) is 6.35 Å². The molecule has 1 fully saturated rings. The molecule has 2 aliphatic heterocycles. The average molecular weight is 637 g/mol. The molecule has 45 heavy (non-hydrogen) atoms. The van der Waals surface area contributed by atoms with Crippen LogP contribution in [-0.2, 0) is 34.0 Å². The number of aliphatic hydroxyl groups is 1. The van der Waals surface area contributed by atoms with Crippen LogP contribution in [0.15, 0.2) is 83.9 Å². The van der Waals surface area contributed by atoms with Gasteiger partial charge in [-0.05, 0) is 54.7 Å². The van der Waals surface area contributed by atoms with E-state index in [0.29, 0.717) is 44.0 Å². The van der Waals surface area contributed by atoms with Crippen LogP contribution in [0.5, 0.6) is 0 Å². The topological polar surface area (TPSA) is 78.4 Å². The number of benzene rings is 3. The number of halogens is 6. The maximum absolute atomic E-state index is 13.6. The van der Waals surface area contributed by atoms with Crippen molar-refractivity contribution in [3.8, 4) is 0 Å². The summed E-state index contributed by atoms with van der Waals surface area (Å²) in [5.41, 5.74) is 3.47. The monoisotopic (exact) mass is 636 g/mol. The summed E-state index contributed by atoms with van der Waals surface area (Å²) in [5, 5.41) is 9.91. The van der Waals surface area contributed by atoms with E-state index in [1.165, 1.54) is 6.92 Å². The third-order valence-electron chi connectivity index (χ3n) is 8.16. The van der Waals surface area contributed by atoms with Crippen molar-refractivity contribution in [1.82, 2.24) is 15.8 Å². The number of hydrogen-bond donors (Lipinski definition) is 3. The predicted molar refractivity (Wildman–Crippen MR) is 154 cm³/mol. The van der Waals surface area contributed by atoms with E-state index in [1.54, 1.807) is 0 Å². The average Bonchev–Trinajstić information content (AvgIpc) is 3.43. The number of rotatable bonds is 10. The number of nitrogens with one attached hydrogen (secondary N) is 2. The second kappa shape index (κ2) is 13.5. The van der Waals surface area contributed by atoms with Crippen molar-refractivity contribution in [3.05, 3.63) is 107 Å². The van der Waals surface area contributed by atoms with Crippen molar-refractivity contribution in [1.29, 1.82) is 0 Å². The first-order chi connectivity index (χ1) is 21.3. The molecule has 3 aromatic carbocycles. The molecule has 3 N–H and O–H groups in total. The number of ether oxygens (including phenoxy) is 2. The first-order valence-corrected chi connectivity index (χ1v) is 14.5. The van der Waals surface area contributed by atoms with E-state index < -0.39 is 41.5 Å². The third-order valence-corrected chi connectivity index (χ3v) is 8.16. The number of likely N-dealkylation sites (tertiary alicyclic amines) is 1. The van der Waals surface area contributed by atoms with E-state index >= 15 is 0 Å². The molecule has 2 aliphatic rings. The highest BCUT2D eigenvalue weighted by Gasteiger charge is 2.45. The van der Waals surface area contributed by atoms with Gasteiger partial charge in [-0.15, -0.1) is 0 Å². The zero-order chi connectivity index (χ0) is 32.2. The summed E-state index contributed by atoms with van der Waals surface area (Å²) in [6, 6.07) is 20.6. The minimum atomic E-state index is -4.97. The van der Waals surface area contributed by atoms with Crippen LogP contribution in [-0.4, -0.2) is 48.0 Å². The molecule has 0 bridgehead atoms. The molecule has 0 aliphatic carbocycles. The van der Waals surface area contributed by atoms with Crippen LogP contribution in [0.3, 0.4) is 0 Å². The van der Waals surface area contributed by atoms with E-state index in [0.717, 1.165) is 11.1 Å². The van der Waals surface area contributed by atoms with E-state index in [1.807, 2.05) is 60.7 Å². The summed E-state index contributed by atoms with van der Waals surface area (Å²) >= 11 is 0. The molecule has 0 saturated carbocycles.